The van der Waals surface area contributed by atoms with Gasteiger partial charge in [0, 0.05) is 39.3 Å². The van der Waals surface area contributed by atoms with Gasteiger partial charge in [-0.05, 0) is 13.2 Å². The molecule has 0 unspecified atom stereocenters. The Bertz CT molecular complexity index is 639. The zero-order valence-electron chi connectivity index (χ0n) is 12.9. The van der Waals surface area contributed by atoms with Crippen molar-refractivity contribution in [2.45, 2.75) is 18.6 Å². The lowest BCUT2D eigenvalue weighted by Gasteiger charge is -2.35. The minimum absolute atomic E-state index is 0.208. The van der Waals surface area contributed by atoms with Gasteiger partial charge < -0.3 is 10.0 Å². The molecule has 1 aliphatic heterocycles. The van der Waals surface area contributed by atoms with Crippen molar-refractivity contribution in [2.24, 2.45) is 0 Å². The van der Waals surface area contributed by atoms with Gasteiger partial charge in [0.15, 0.2) is 22.1 Å². The molecule has 1 fully saturated rings. The second kappa shape index (κ2) is 6.76. The molecule has 3 rings (SSSR count). The standard InChI is InChI=1S/C13H21N7OS/c1-3-20-12-10(16-17-20)11(14-13(15-12)22-2)19-6-4-18(5-7-19)8-9-21/h21H,3-9H2,1-2H3. The number of anilines is 1. The number of aliphatic hydroxyl groups excluding tert-OH is 1. The minimum atomic E-state index is 0.208. The van der Waals surface area contributed by atoms with E-state index < -0.39 is 0 Å². The molecule has 0 amide bonds. The maximum Gasteiger partial charge on any atom is 0.191 e. The predicted octanol–water partition coefficient (Wildman–Crippen LogP) is 0.0774. The summed E-state index contributed by atoms with van der Waals surface area (Å²) >= 11 is 1.53. The van der Waals surface area contributed by atoms with E-state index in [0.29, 0.717) is 0 Å². The number of nitrogens with zero attached hydrogens (tertiary/aromatic N) is 7. The molecule has 9 heteroatoms. The molecule has 0 radical (unpaired) electrons. The van der Waals surface area contributed by atoms with Gasteiger partial charge in [0.25, 0.3) is 0 Å². The van der Waals surface area contributed by atoms with Crippen LogP contribution in [0.3, 0.4) is 0 Å². The summed E-state index contributed by atoms with van der Waals surface area (Å²) in [7, 11) is 0. The summed E-state index contributed by atoms with van der Waals surface area (Å²) in [5, 5.41) is 18.2. The molecule has 8 nitrogen and oxygen atoms in total. The van der Waals surface area contributed by atoms with Crippen LogP contribution in [-0.4, -0.2) is 80.6 Å². The van der Waals surface area contributed by atoms with E-state index in [9.17, 15) is 0 Å². The summed E-state index contributed by atoms with van der Waals surface area (Å²) in [6, 6.07) is 0. The lowest BCUT2D eigenvalue weighted by Crippen LogP contribution is -2.47. The van der Waals surface area contributed by atoms with Crippen molar-refractivity contribution < 1.29 is 5.11 Å². The van der Waals surface area contributed by atoms with Crippen LogP contribution in [0.5, 0.6) is 0 Å². The lowest BCUT2D eigenvalue weighted by molar-refractivity contribution is 0.188. The summed E-state index contributed by atoms with van der Waals surface area (Å²) in [5.41, 5.74) is 1.57. The normalized spacial score (nSPS) is 16.6. The van der Waals surface area contributed by atoms with E-state index in [1.54, 1.807) is 0 Å². The Morgan fingerprint density at radius 1 is 1.18 bits per heavy atom. The summed E-state index contributed by atoms with van der Waals surface area (Å²) in [6.07, 6.45) is 1.98. The zero-order valence-corrected chi connectivity index (χ0v) is 13.8. The van der Waals surface area contributed by atoms with Gasteiger partial charge in [-0.15, -0.1) is 5.10 Å². The van der Waals surface area contributed by atoms with Crippen LogP contribution in [0.15, 0.2) is 5.16 Å². The van der Waals surface area contributed by atoms with Crippen molar-refractivity contribution >= 4 is 28.7 Å². The van der Waals surface area contributed by atoms with E-state index in [4.69, 9.17) is 5.11 Å². The number of piperazine rings is 1. The number of β-amino-alcohol motifs (C(OH)–C–C–N with tert-alkyl or cyclic N) is 1. The number of hydrogen-bond acceptors (Lipinski definition) is 8. The third kappa shape index (κ3) is 2.88. The maximum atomic E-state index is 9.04. The smallest absolute Gasteiger partial charge is 0.191 e. The van der Waals surface area contributed by atoms with Crippen molar-refractivity contribution in [3.63, 3.8) is 0 Å². The van der Waals surface area contributed by atoms with Crippen molar-refractivity contribution in [3.05, 3.63) is 0 Å². The fourth-order valence-corrected chi connectivity index (χ4v) is 3.03. The van der Waals surface area contributed by atoms with Gasteiger partial charge in [-0.25, -0.2) is 14.6 Å². The van der Waals surface area contributed by atoms with E-state index in [1.165, 1.54) is 11.8 Å². The third-order valence-electron chi connectivity index (χ3n) is 3.89. The number of fused-ring (bicyclic) bond motifs is 1. The van der Waals surface area contributed by atoms with Gasteiger partial charge in [0.05, 0.1) is 6.61 Å². The van der Waals surface area contributed by atoms with Crippen LogP contribution >= 0.6 is 11.8 Å². The van der Waals surface area contributed by atoms with Crippen molar-refractivity contribution in [1.29, 1.82) is 0 Å². The molecule has 3 heterocycles. The number of aromatic nitrogens is 5. The highest BCUT2D eigenvalue weighted by Gasteiger charge is 2.23. The topological polar surface area (TPSA) is 83.2 Å². The molecular formula is C13H21N7OS. The monoisotopic (exact) mass is 323 g/mol. The Labute approximate surface area is 133 Å². The average Bonchev–Trinajstić information content (AvgIpc) is 2.98. The SMILES string of the molecule is CCn1nnc2c(N3CCN(CCO)CC3)nc(SC)nc21. The summed E-state index contributed by atoms with van der Waals surface area (Å²) < 4.78 is 1.81. The largest absolute Gasteiger partial charge is 0.395 e. The van der Waals surface area contributed by atoms with E-state index >= 15 is 0 Å². The molecule has 1 saturated heterocycles. The molecular weight excluding hydrogens is 302 g/mol. The average molecular weight is 323 g/mol. The molecule has 0 bridgehead atoms. The van der Waals surface area contributed by atoms with Gasteiger partial charge in [-0.2, -0.15) is 0 Å². The summed E-state index contributed by atoms with van der Waals surface area (Å²) in [5.74, 6) is 0.873. The Kier molecular flexibility index (Phi) is 4.74. The fourth-order valence-electron chi connectivity index (χ4n) is 2.67. The number of hydrogen-bond donors (Lipinski definition) is 1. The van der Waals surface area contributed by atoms with Gasteiger partial charge in [0.1, 0.15) is 0 Å². The van der Waals surface area contributed by atoms with Gasteiger partial charge in [-0.3, -0.25) is 4.90 Å². The highest BCUT2D eigenvalue weighted by Crippen LogP contribution is 2.25. The number of thioether (sulfide) groups is 1. The van der Waals surface area contributed by atoms with Crippen LogP contribution in [0.2, 0.25) is 0 Å². The maximum absolute atomic E-state index is 9.04. The van der Waals surface area contributed by atoms with Crippen LogP contribution in [0.4, 0.5) is 5.82 Å². The van der Waals surface area contributed by atoms with Crippen LogP contribution in [-0.2, 0) is 6.54 Å². The molecule has 0 aliphatic carbocycles. The number of aryl methyl sites for hydroxylation is 1. The fraction of sp³-hybridized carbons (Fsp3) is 0.692. The van der Waals surface area contributed by atoms with E-state index in [-0.39, 0.29) is 6.61 Å². The highest BCUT2D eigenvalue weighted by molar-refractivity contribution is 7.98. The first-order chi connectivity index (χ1) is 10.8. The second-order valence-electron chi connectivity index (χ2n) is 5.16. The van der Waals surface area contributed by atoms with Crippen molar-refractivity contribution in [3.8, 4) is 0 Å². The molecule has 2 aromatic rings. The van der Waals surface area contributed by atoms with Crippen LogP contribution < -0.4 is 4.90 Å². The minimum Gasteiger partial charge on any atom is -0.395 e. The van der Waals surface area contributed by atoms with Crippen LogP contribution in [0.1, 0.15) is 6.92 Å². The van der Waals surface area contributed by atoms with Gasteiger partial charge in [-0.1, -0.05) is 17.0 Å². The molecule has 22 heavy (non-hydrogen) atoms. The quantitative estimate of drug-likeness (QED) is 0.612. The number of aliphatic hydroxyl groups is 1. The first-order valence-corrected chi connectivity index (χ1v) is 8.72. The molecule has 0 spiro atoms. The lowest BCUT2D eigenvalue weighted by atomic mass is 10.3. The predicted molar refractivity (Wildman–Crippen MR) is 86.3 cm³/mol. The van der Waals surface area contributed by atoms with E-state index in [0.717, 1.165) is 61.4 Å². The zero-order chi connectivity index (χ0) is 15.5. The van der Waals surface area contributed by atoms with E-state index in [1.807, 2.05) is 17.9 Å². The first kappa shape index (κ1) is 15.4. The molecule has 1 N–H and O–H groups in total. The third-order valence-corrected chi connectivity index (χ3v) is 4.44. The molecule has 1 aliphatic rings. The molecule has 0 saturated carbocycles. The van der Waals surface area contributed by atoms with Crippen LogP contribution in [0, 0.1) is 0 Å². The summed E-state index contributed by atoms with van der Waals surface area (Å²) in [6.45, 7) is 7.30. The Morgan fingerprint density at radius 2 is 1.95 bits per heavy atom. The molecule has 120 valence electrons. The molecule has 2 aromatic heterocycles. The van der Waals surface area contributed by atoms with Crippen molar-refractivity contribution in [2.75, 3.05) is 50.5 Å². The highest BCUT2D eigenvalue weighted by atomic mass is 32.2. The van der Waals surface area contributed by atoms with Gasteiger partial charge >= 0.3 is 0 Å². The first-order valence-electron chi connectivity index (χ1n) is 7.50. The Morgan fingerprint density at radius 3 is 2.59 bits per heavy atom. The molecule has 0 atom stereocenters. The Hall–Kier alpha value is -1.45. The van der Waals surface area contributed by atoms with Crippen LogP contribution in [0.25, 0.3) is 11.2 Å². The Balaban J connectivity index is 1.91. The van der Waals surface area contributed by atoms with E-state index in [2.05, 4.69) is 30.1 Å². The second-order valence-corrected chi connectivity index (χ2v) is 5.94. The number of rotatable bonds is 5. The summed E-state index contributed by atoms with van der Waals surface area (Å²) in [4.78, 5) is 13.7. The van der Waals surface area contributed by atoms with Gasteiger partial charge in [0.2, 0.25) is 0 Å². The van der Waals surface area contributed by atoms with Crippen molar-refractivity contribution in [1.82, 2.24) is 29.9 Å². The molecule has 0 aromatic carbocycles.